The van der Waals surface area contributed by atoms with Gasteiger partial charge in [-0.05, 0) is 31.9 Å². The molecule has 5 heteroatoms. The first-order chi connectivity index (χ1) is 7.93. The Morgan fingerprint density at radius 1 is 1.29 bits per heavy atom. The number of halogens is 2. The number of Topliss-reactive ketones (excluding diaryl/α,β-unsaturated/α-hetero) is 1. The van der Waals surface area contributed by atoms with Gasteiger partial charge in [0, 0.05) is 12.1 Å². The number of ketones is 1. The van der Waals surface area contributed by atoms with E-state index in [1.165, 1.54) is 0 Å². The summed E-state index contributed by atoms with van der Waals surface area (Å²) >= 11 is 0. The molecule has 0 atom stereocenters. The maximum absolute atomic E-state index is 11.8. The first kappa shape index (κ1) is 13.8. The van der Waals surface area contributed by atoms with E-state index in [4.69, 9.17) is 0 Å². The van der Waals surface area contributed by atoms with Crippen LogP contribution in [0.4, 0.5) is 8.78 Å². The van der Waals surface area contributed by atoms with E-state index in [2.05, 4.69) is 9.72 Å². The topological polar surface area (TPSA) is 42.1 Å². The zero-order valence-corrected chi connectivity index (χ0v) is 10.3. The van der Waals surface area contributed by atoms with Gasteiger partial charge in [0.2, 0.25) is 0 Å². The van der Waals surface area contributed by atoms with Crippen LogP contribution in [0.25, 0.3) is 0 Å². The van der Waals surface area contributed by atoms with E-state index in [9.17, 15) is 13.6 Å². The second-order valence-corrected chi connectivity index (χ2v) is 4.01. The molecule has 0 saturated carbocycles. The molecule has 0 fully saturated rings. The van der Waals surface area contributed by atoms with Gasteiger partial charge in [0.05, 0.1) is 12.3 Å². The Kier molecular flexibility index (Phi) is 4.81. The van der Waals surface area contributed by atoms with Crippen LogP contribution in [0.2, 0.25) is 0 Å². The van der Waals surface area contributed by atoms with Gasteiger partial charge in [-0.25, -0.2) is 8.78 Å². The minimum Gasteiger partial charge on any atom is -0.375 e. The molecule has 0 aliphatic rings. The summed E-state index contributed by atoms with van der Waals surface area (Å²) in [7, 11) is 0. The molecule has 1 N–H and O–H groups in total. The fraction of sp³-hybridized carbons (Fsp3) is 0.583. The highest BCUT2D eigenvalue weighted by Gasteiger charge is 2.14. The van der Waals surface area contributed by atoms with Gasteiger partial charge in [-0.3, -0.25) is 4.79 Å². The highest BCUT2D eigenvalue weighted by molar-refractivity contribution is 5.96. The lowest BCUT2D eigenvalue weighted by Gasteiger charge is -2.03. The molecule has 1 aromatic rings. The zero-order valence-electron chi connectivity index (χ0n) is 10.3. The first-order valence-electron chi connectivity index (χ1n) is 5.48. The van der Waals surface area contributed by atoms with Crippen LogP contribution < -0.4 is 0 Å². The third-order valence-electron chi connectivity index (χ3n) is 2.81. The van der Waals surface area contributed by atoms with Gasteiger partial charge in [0.25, 0.3) is 6.43 Å². The fourth-order valence-electron chi connectivity index (χ4n) is 1.58. The third kappa shape index (κ3) is 3.63. The van der Waals surface area contributed by atoms with Crippen molar-refractivity contribution in [2.24, 2.45) is 0 Å². The van der Waals surface area contributed by atoms with E-state index < -0.39 is 13.0 Å². The number of hydrogen-bond donors (Lipinski definition) is 1. The van der Waals surface area contributed by atoms with Gasteiger partial charge in [-0.1, -0.05) is 0 Å². The van der Waals surface area contributed by atoms with Crippen molar-refractivity contribution in [3.63, 3.8) is 0 Å². The van der Waals surface area contributed by atoms with E-state index in [1.807, 2.05) is 20.8 Å². The van der Waals surface area contributed by atoms with Crippen molar-refractivity contribution in [1.29, 1.82) is 0 Å². The molecule has 0 bridgehead atoms. The number of carbonyl (C=O) groups is 1. The molecule has 0 aliphatic heterocycles. The molecule has 0 amide bonds. The smallest absolute Gasteiger partial charge is 0.261 e. The summed E-state index contributed by atoms with van der Waals surface area (Å²) in [6.45, 7) is 5.11. The van der Waals surface area contributed by atoms with Gasteiger partial charge in [0.1, 0.15) is 6.61 Å². The van der Waals surface area contributed by atoms with Crippen LogP contribution in [0.15, 0.2) is 0 Å². The number of rotatable bonds is 6. The molecule has 3 nitrogen and oxygen atoms in total. The maximum atomic E-state index is 11.8. The van der Waals surface area contributed by atoms with Crippen molar-refractivity contribution < 1.29 is 18.3 Å². The molecule has 0 aliphatic carbocycles. The highest BCUT2D eigenvalue weighted by Crippen LogP contribution is 2.17. The van der Waals surface area contributed by atoms with Gasteiger partial charge >= 0.3 is 0 Å². The number of ether oxygens (including phenoxy) is 1. The van der Waals surface area contributed by atoms with Crippen LogP contribution in [-0.2, 0) is 4.74 Å². The monoisotopic (exact) mass is 245 g/mol. The summed E-state index contributed by atoms with van der Waals surface area (Å²) in [5.41, 5.74) is 3.49. The number of aromatic nitrogens is 1. The summed E-state index contributed by atoms with van der Waals surface area (Å²) in [5, 5.41) is 0. The molecule has 0 unspecified atom stereocenters. The number of carbonyl (C=O) groups excluding carboxylic acids is 1. The Morgan fingerprint density at radius 3 is 2.41 bits per heavy atom. The van der Waals surface area contributed by atoms with Gasteiger partial charge in [-0.15, -0.1) is 0 Å². The number of H-pyrrole nitrogens is 1. The fourth-order valence-corrected chi connectivity index (χ4v) is 1.58. The van der Waals surface area contributed by atoms with Crippen LogP contribution in [0, 0.1) is 20.8 Å². The molecule has 0 radical (unpaired) electrons. The second-order valence-electron chi connectivity index (χ2n) is 4.01. The number of hydrogen-bond acceptors (Lipinski definition) is 2. The van der Waals surface area contributed by atoms with Crippen LogP contribution >= 0.6 is 0 Å². The van der Waals surface area contributed by atoms with Crippen molar-refractivity contribution in [3.8, 4) is 0 Å². The van der Waals surface area contributed by atoms with Crippen LogP contribution in [0.3, 0.4) is 0 Å². The predicted octanol–water partition coefficient (Wildman–Crippen LogP) is 2.79. The Morgan fingerprint density at radius 2 is 1.94 bits per heavy atom. The molecule has 1 rings (SSSR count). The van der Waals surface area contributed by atoms with Crippen molar-refractivity contribution in [1.82, 2.24) is 4.98 Å². The molecule has 0 saturated heterocycles. The Balaban J connectivity index is 2.50. The van der Waals surface area contributed by atoms with Crippen molar-refractivity contribution >= 4 is 5.78 Å². The first-order valence-corrected chi connectivity index (χ1v) is 5.48. The molecular formula is C12H17F2NO2. The predicted molar refractivity (Wildman–Crippen MR) is 60.8 cm³/mol. The number of aromatic amines is 1. The standard InChI is InChI=1S/C12H17F2NO2/c1-7-8(2)12(15-9(7)3)10(16)4-5-17-6-11(13)14/h11,15H,4-6H2,1-3H3. The largest absolute Gasteiger partial charge is 0.375 e. The average Bonchev–Trinajstić information content (AvgIpc) is 2.52. The normalized spacial score (nSPS) is 11.2. The summed E-state index contributed by atoms with van der Waals surface area (Å²) in [6, 6.07) is 0. The van der Waals surface area contributed by atoms with E-state index in [-0.39, 0.29) is 18.8 Å². The third-order valence-corrected chi connectivity index (χ3v) is 2.81. The summed E-state index contributed by atoms with van der Waals surface area (Å²) < 4.78 is 28.3. The van der Waals surface area contributed by atoms with E-state index in [0.29, 0.717) is 5.69 Å². The molecule has 1 aromatic heterocycles. The van der Waals surface area contributed by atoms with Gasteiger partial charge < -0.3 is 9.72 Å². The van der Waals surface area contributed by atoms with Crippen LogP contribution in [0.1, 0.15) is 33.7 Å². The van der Waals surface area contributed by atoms with Gasteiger partial charge in [-0.2, -0.15) is 0 Å². The maximum Gasteiger partial charge on any atom is 0.261 e. The van der Waals surface area contributed by atoms with Crippen molar-refractivity contribution in [2.45, 2.75) is 33.6 Å². The molecule has 96 valence electrons. The van der Waals surface area contributed by atoms with E-state index >= 15 is 0 Å². The van der Waals surface area contributed by atoms with Crippen molar-refractivity contribution in [3.05, 3.63) is 22.5 Å². The molecule has 17 heavy (non-hydrogen) atoms. The molecule has 0 aromatic carbocycles. The lowest BCUT2D eigenvalue weighted by molar-refractivity contribution is 0.0169. The van der Waals surface area contributed by atoms with Crippen molar-refractivity contribution in [2.75, 3.05) is 13.2 Å². The Labute approximate surface area is 99.2 Å². The zero-order chi connectivity index (χ0) is 13.0. The summed E-state index contributed by atoms with van der Waals surface area (Å²) in [5.74, 6) is -0.104. The average molecular weight is 245 g/mol. The highest BCUT2D eigenvalue weighted by atomic mass is 19.3. The lowest BCUT2D eigenvalue weighted by atomic mass is 10.1. The summed E-state index contributed by atoms with van der Waals surface area (Å²) in [6.07, 6.45) is -2.37. The SMILES string of the molecule is Cc1[nH]c(C(=O)CCOCC(F)F)c(C)c1C. The number of alkyl halides is 2. The van der Waals surface area contributed by atoms with Crippen LogP contribution in [-0.4, -0.2) is 30.4 Å². The lowest BCUT2D eigenvalue weighted by Crippen LogP contribution is -2.10. The van der Waals surface area contributed by atoms with E-state index in [1.54, 1.807) is 0 Å². The van der Waals surface area contributed by atoms with Gasteiger partial charge in [0.15, 0.2) is 5.78 Å². The minimum absolute atomic E-state index is 0.0275. The summed E-state index contributed by atoms with van der Waals surface area (Å²) in [4.78, 5) is 14.8. The molecule has 0 spiro atoms. The Bertz CT molecular complexity index is 399. The van der Waals surface area contributed by atoms with Crippen LogP contribution in [0.5, 0.6) is 0 Å². The second kappa shape index (κ2) is 5.91. The number of nitrogens with one attached hydrogen (secondary N) is 1. The quantitative estimate of drug-likeness (QED) is 0.618. The molecule has 1 heterocycles. The minimum atomic E-state index is -2.48. The molecular weight excluding hydrogens is 228 g/mol. The number of aryl methyl sites for hydroxylation is 1. The van der Waals surface area contributed by atoms with E-state index in [0.717, 1.165) is 16.8 Å². The Hall–Kier alpha value is -1.23.